The molecule has 0 bridgehead atoms. The lowest BCUT2D eigenvalue weighted by atomic mass is 10.2. The van der Waals surface area contributed by atoms with E-state index in [-0.39, 0.29) is 0 Å². The Kier molecular flexibility index (Phi) is 5.14. The average molecular weight is 230 g/mol. The first-order valence-electron chi connectivity index (χ1n) is 4.21. The number of rotatable bonds is 0. The highest BCUT2D eigenvalue weighted by Gasteiger charge is 1.99. The van der Waals surface area contributed by atoms with Crippen LogP contribution in [0.3, 0.4) is 0 Å². The first-order valence-corrected chi connectivity index (χ1v) is 5.01. The van der Waals surface area contributed by atoms with Crippen molar-refractivity contribution < 1.29 is 0 Å². The quantitative estimate of drug-likeness (QED) is 0.660. The molecule has 0 spiro atoms. The van der Waals surface area contributed by atoms with E-state index in [0.29, 0.717) is 0 Å². The van der Waals surface area contributed by atoms with E-state index in [1.807, 2.05) is 33.8 Å². The molecule has 12 heavy (non-hydrogen) atoms. The van der Waals surface area contributed by atoms with E-state index in [1.54, 1.807) is 0 Å². The van der Waals surface area contributed by atoms with Crippen LogP contribution in [0.1, 0.15) is 30.8 Å². The van der Waals surface area contributed by atoms with Gasteiger partial charge in [-0.15, -0.1) is 0 Å². The molecule has 68 valence electrons. The molecule has 0 aliphatic carbocycles. The van der Waals surface area contributed by atoms with Gasteiger partial charge in [0.05, 0.1) is 0 Å². The van der Waals surface area contributed by atoms with Crippen LogP contribution in [0.25, 0.3) is 0 Å². The van der Waals surface area contributed by atoms with Crippen LogP contribution >= 0.6 is 15.9 Å². The molecule has 0 fully saturated rings. The first-order chi connectivity index (χ1) is 5.61. The molecular formula is C10H16BrN. The summed E-state index contributed by atoms with van der Waals surface area (Å²) in [5.74, 6) is 0. The Morgan fingerprint density at radius 1 is 1.17 bits per heavy atom. The van der Waals surface area contributed by atoms with Crippen LogP contribution in [0.4, 0.5) is 0 Å². The maximum Gasteiger partial charge on any atom is 0.0416 e. The van der Waals surface area contributed by atoms with Gasteiger partial charge in [0.15, 0.2) is 0 Å². The molecule has 0 saturated carbocycles. The zero-order valence-electron chi connectivity index (χ0n) is 8.40. The topological polar surface area (TPSA) is 12.9 Å². The smallest absolute Gasteiger partial charge is 0.0416 e. The zero-order chi connectivity index (χ0) is 9.72. The molecule has 0 amide bonds. The third-order valence-electron chi connectivity index (χ3n) is 1.58. The van der Waals surface area contributed by atoms with Crippen LogP contribution in [-0.4, -0.2) is 4.98 Å². The van der Waals surface area contributed by atoms with Crippen molar-refractivity contribution in [2.24, 2.45) is 0 Å². The normalized spacial score (nSPS) is 8.83. The molecule has 1 aromatic heterocycles. The van der Waals surface area contributed by atoms with E-state index >= 15 is 0 Å². The molecule has 2 heteroatoms. The van der Waals surface area contributed by atoms with E-state index in [1.165, 1.54) is 5.56 Å². The fourth-order valence-electron chi connectivity index (χ4n) is 0.845. The Balaban J connectivity index is 0.000000561. The highest BCUT2D eigenvalue weighted by atomic mass is 79.9. The minimum Gasteiger partial charge on any atom is -0.258 e. The number of hydrogen-bond donors (Lipinski definition) is 0. The molecule has 0 atom stereocenters. The van der Waals surface area contributed by atoms with Gasteiger partial charge in [0.25, 0.3) is 0 Å². The highest BCUT2D eigenvalue weighted by molar-refractivity contribution is 9.10. The van der Waals surface area contributed by atoms with Gasteiger partial charge in [-0.05, 0) is 32.4 Å². The van der Waals surface area contributed by atoms with Gasteiger partial charge >= 0.3 is 0 Å². The molecule has 0 aliphatic heterocycles. The zero-order valence-corrected chi connectivity index (χ0v) is 9.99. The molecule has 0 saturated heterocycles. The van der Waals surface area contributed by atoms with Crippen molar-refractivity contribution in [1.29, 1.82) is 0 Å². The predicted octanol–water partition coefficient (Wildman–Crippen LogP) is 3.80. The van der Waals surface area contributed by atoms with Gasteiger partial charge in [0, 0.05) is 15.9 Å². The van der Waals surface area contributed by atoms with Crippen LogP contribution in [0, 0.1) is 20.8 Å². The summed E-state index contributed by atoms with van der Waals surface area (Å²) in [6.07, 6.45) is 0. The Hall–Kier alpha value is -0.370. The molecule has 0 N–H and O–H groups in total. The van der Waals surface area contributed by atoms with Gasteiger partial charge in [-0.2, -0.15) is 0 Å². The minimum atomic E-state index is 1.06. The summed E-state index contributed by atoms with van der Waals surface area (Å²) in [5, 5.41) is 0. The summed E-state index contributed by atoms with van der Waals surface area (Å²) in [4.78, 5) is 4.30. The third-order valence-corrected chi connectivity index (χ3v) is 2.40. The van der Waals surface area contributed by atoms with E-state index in [4.69, 9.17) is 0 Å². The van der Waals surface area contributed by atoms with Crippen LogP contribution in [0.2, 0.25) is 0 Å². The van der Waals surface area contributed by atoms with Gasteiger partial charge in [0.1, 0.15) is 0 Å². The number of nitrogens with zero attached hydrogens (tertiary/aromatic N) is 1. The highest BCUT2D eigenvalue weighted by Crippen LogP contribution is 2.18. The molecule has 0 aromatic carbocycles. The Labute approximate surface area is 83.3 Å². The fraction of sp³-hybridized carbons (Fsp3) is 0.500. The molecule has 0 aliphatic rings. The van der Waals surface area contributed by atoms with Gasteiger partial charge < -0.3 is 0 Å². The Morgan fingerprint density at radius 2 is 1.67 bits per heavy atom. The van der Waals surface area contributed by atoms with Crippen molar-refractivity contribution in [2.75, 3.05) is 0 Å². The lowest BCUT2D eigenvalue weighted by molar-refractivity contribution is 1.08. The average Bonchev–Trinajstić information content (AvgIpc) is 2.04. The van der Waals surface area contributed by atoms with Gasteiger partial charge in [0.2, 0.25) is 0 Å². The number of aromatic nitrogens is 1. The largest absolute Gasteiger partial charge is 0.258 e. The van der Waals surface area contributed by atoms with Crippen molar-refractivity contribution in [2.45, 2.75) is 34.6 Å². The monoisotopic (exact) mass is 229 g/mol. The van der Waals surface area contributed by atoms with Gasteiger partial charge in [-0.1, -0.05) is 29.8 Å². The van der Waals surface area contributed by atoms with E-state index in [0.717, 1.165) is 15.9 Å². The maximum atomic E-state index is 4.30. The van der Waals surface area contributed by atoms with Gasteiger partial charge in [-0.25, -0.2) is 0 Å². The summed E-state index contributed by atoms with van der Waals surface area (Å²) in [6, 6.07) is 2.03. The second-order valence-corrected chi connectivity index (χ2v) is 3.31. The van der Waals surface area contributed by atoms with Crippen LogP contribution in [0.5, 0.6) is 0 Å². The minimum absolute atomic E-state index is 1.06. The molecular weight excluding hydrogens is 214 g/mol. The summed E-state index contributed by atoms with van der Waals surface area (Å²) in [7, 11) is 0. The number of pyridine rings is 1. The fourth-order valence-corrected chi connectivity index (χ4v) is 1.46. The SMILES string of the molecule is CC.Cc1cc(Br)c(C)c(C)n1. The lowest BCUT2D eigenvalue weighted by Crippen LogP contribution is -1.90. The van der Waals surface area contributed by atoms with Crippen LogP contribution < -0.4 is 0 Å². The Morgan fingerprint density at radius 3 is 2.08 bits per heavy atom. The van der Waals surface area contributed by atoms with Crippen molar-refractivity contribution >= 4 is 15.9 Å². The van der Waals surface area contributed by atoms with Gasteiger partial charge in [-0.3, -0.25) is 4.98 Å². The van der Waals surface area contributed by atoms with E-state index in [9.17, 15) is 0 Å². The second-order valence-electron chi connectivity index (χ2n) is 2.46. The molecule has 0 radical (unpaired) electrons. The van der Waals surface area contributed by atoms with E-state index < -0.39 is 0 Å². The van der Waals surface area contributed by atoms with Crippen molar-refractivity contribution in [3.63, 3.8) is 0 Å². The molecule has 0 unspecified atom stereocenters. The number of hydrogen-bond acceptors (Lipinski definition) is 1. The summed E-state index contributed by atoms with van der Waals surface area (Å²) in [5.41, 5.74) is 3.40. The Bertz CT molecular complexity index is 233. The second kappa shape index (κ2) is 5.31. The van der Waals surface area contributed by atoms with Crippen LogP contribution in [0.15, 0.2) is 10.5 Å². The molecule has 1 rings (SSSR count). The standard InChI is InChI=1S/C8H10BrN.C2H6/c1-5-4-8(9)6(2)7(3)10-5;1-2/h4H,1-3H3;1-2H3. The molecule has 1 aromatic rings. The summed E-state index contributed by atoms with van der Waals surface area (Å²) >= 11 is 3.46. The number of aryl methyl sites for hydroxylation is 2. The first kappa shape index (κ1) is 11.6. The molecule has 1 heterocycles. The third kappa shape index (κ3) is 2.94. The lowest BCUT2D eigenvalue weighted by Gasteiger charge is -2.02. The summed E-state index contributed by atoms with van der Waals surface area (Å²) in [6.45, 7) is 10.1. The maximum absolute atomic E-state index is 4.30. The van der Waals surface area contributed by atoms with Crippen molar-refractivity contribution in [1.82, 2.24) is 4.98 Å². The van der Waals surface area contributed by atoms with E-state index in [2.05, 4.69) is 27.8 Å². The van der Waals surface area contributed by atoms with Crippen molar-refractivity contribution in [3.8, 4) is 0 Å². The summed E-state index contributed by atoms with van der Waals surface area (Å²) < 4.78 is 1.15. The number of halogens is 1. The van der Waals surface area contributed by atoms with Crippen LogP contribution in [-0.2, 0) is 0 Å². The van der Waals surface area contributed by atoms with Crippen molar-refractivity contribution in [3.05, 3.63) is 27.5 Å². The molecule has 1 nitrogen and oxygen atoms in total. The predicted molar refractivity (Wildman–Crippen MR) is 57.5 cm³/mol.